The van der Waals surface area contributed by atoms with Gasteiger partial charge in [0.1, 0.15) is 16.6 Å². The van der Waals surface area contributed by atoms with Gasteiger partial charge >= 0.3 is 0 Å². The molecule has 0 saturated heterocycles. The van der Waals surface area contributed by atoms with E-state index in [1.54, 1.807) is 17.8 Å². The number of methoxy groups -OCH3 is 1. The average molecular weight is 349 g/mol. The number of halogens is 1. The fraction of sp³-hybridized carbons (Fsp3) is 0.444. The molecule has 0 unspecified atom stereocenters. The van der Waals surface area contributed by atoms with Crippen LogP contribution in [0, 0.1) is 12.7 Å². The van der Waals surface area contributed by atoms with Gasteiger partial charge in [-0.25, -0.2) is 14.4 Å². The van der Waals surface area contributed by atoms with Crippen molar-refractivity contribution < 1.29 is 9.13 Å². The predicted octanol–water partition coefficient (Wildman–Crippen LogP) is 4.92. The van der Waals surface area contributed by atoms with Crippen molar-refractivity contribution in [2.75, 3.05) is 18.7 Å². The van der Waals surface area contributed by atoms with Gasteiger partial charge in [-0.3, -0.25) is 0 Å². The third-order valence-electron chi connectivity index (χ3n) is 3.98. The second-order valence-electron chi connectivity index (χ2n) is 5.52. The smallest absolute Gasteiger partial charge is 0.159 e. The van der Waals surface area contributed by atoms with Crippen LogP contribution in [0.5, 0.6) is 5.75 Å². The first-order valence-electron chi connectivity index (χ1n) is 8.07. The number of thioether (sulfide) groups is 1. The van der Waals surface area contributed by atoms with Crippen LogP contribution in [0.4, 0.5) is 10.2 Å². The minimum atomic E-state index is -0.335. The van der Waals surface area contributed by atoms with Crippen LogP contribution in [0.2, 0.25) is 0 Å². The SMILES string of the molecule is CCC(CC)Nc1nc(C)c(-c2ccc(F)cc2OC)nc1SC. The maximum atomic E-state index is 13.5. The molecule has 0 fully saturated rings. The largest absolute Gasteiger partial charge is 0.496 e. The summed E-state index contributed by atoms with van der Waals surface area (Å²) >= 11 is 1.54. The zero-order valence-electron chi connectivity index (χ0n) is 14.8. The van der Waals surface area contributed by atoms with Gasteiger partial charge in [0, 0.05) is 17.7 Å². The van der Waals surface area contributed by atoms with Gasteiger partial charge in [0.2, 0.25) is 0 Å². The van der Waals surface area contributed by atoms with E-state index in [2.05, 4.69) is 19.2 Å². The average Bonchev–Trinajstić information content (AvgIpc) is 2.60. The standard InChI is InChI=1S/C18H24FN3OS/c1-6-13(7-2)21-17-18(24-5)22-16(11(3)20-17)14-9-8-12(19)10-15(14)23-4/h8-10,13H,6-7H2,1-5H3,(H,20,21). The van der Waals surface area contributed by atoms with Gasteiger partial charge in [-0.2, -0.15) is 0 Å². The van der Waals surface area contributed by atoms with Crippen LogP contribution >= 0.6 is 11.8 Å². The molecule has 0 bridgehead atoms. The number of aromatic nitrogens is 2. The second kappa shape index (κ2) is 8.33. The van der Waals surface area contributed by atoms with Gasteiger partial charge in [0.15, 0.2) is 5.82 Å². The molecule has 1 aromatic heterocycles. The van der Waals surface area contributed by atoms with Gasteiger partial charge in [-0.15, -0.1) is 11.8 Å². The first-order chi connectivity index (χ1) is 11.5. The number of benzene rings is 1. The summed E-state index contributed by atoms with van der Waals surface area (Å²) < 4.78 is 18.8. The second-order valence-corrected chi connectivity index (χ2v) is 6.31. The first-order valence-corrected chi connectivity index (χ1v) is 9.29. The van der Waals surface area contributed by atoms with E-state index in [9.17, 15) is 4.39 Å². The van der Waals surface area contributed by atoms with Crippen LogP contribution in [-0.4, -0.2) is 29.4 Å². The van der Waals surface area contributed by atoms with Crippen molar-refractivity contribution in [2.24, 2.45) is 0 Å². The first kappa shape index (κ1) is 18.5. The number of hydrogen-bond donors (Lipinski definition) is 1. The van der Waals surface area contributed by atoms with Gasteiger partial charge in [0.05, 0.1) is 18.5 Å². The lowest BCUT2D eigenvalue weighted by atomic mass is 10.1. The van der Waals surface area contributed by atoms with Crippen molar-refractivity contribution in [2.45, 2.75) is 44.7 Å². The number of ether oxygens (including phenoxy) is 1. The highest BCUT2D eigenvalue weighted by atomic mass is 32.2. The van der Waals surface area contributed by atoms with Crippen LogP contribution in [0.3, 0.4) is 0 Å². The highest BCUT2D eigenvalue weighted by molar-refractivity contribution is 7.98. The highest BCUT2D eigenvalue weighted by Gasteiger charge is 2.17. The summed E-state index contributed by atoms with van der Waals surface area (Å²) in [6, 6.07) is 4.83. The van der Waals surface area contributed by atoms with E-state index < -0.39 is 0 Å². The molecule has 0 aliphatic rings. The number of aryl methyl sites for hydroxylation is 1. The Morgan fingerprint density at radius 2 is 1.96 bits per heavy atom. The summed E-state index contributed by atoms with van der Waals surface area (Å²) in [7, 11) is 1.53. The lowest BCUT2D eigenvalue weighted by molar-refractivity contribution is 0.412. The molecular formula is C18H24FN3OS. The molecule has 0 saturated carbocycles. The van der Waals surface area contributed by atoms with Gasteiger partial charge in [-0.05, 0) is 38.2 Å². The van der Waals surface area contributed by atoms with Crippen molar-refractivity contribution in [3.05, 3.63) is 29.7 Å². The van der Waals surface area contributed by atoms with E-state index in [4.69, 9.17) is 14.7 Å². The maximum absolute atomic E-state index is 13.5. The molecule has 1 N–H and O–H groups in total. The van der Waals surface area contributed by atoms with Crippen LogP contribution in [0.1, 0.15) is 32.4 Å². The third-order valence-corrected chi connectivity index (χ3v) is 4.65. The maximum Gasteiger partial charge on any atom is 0.159 e. The molecule has 6 heteroatoms. The van der Waals surface area contributed by atoms with Gasteiger partial charge < -0.3 is 10.1 Å². The summed E-state index contributed by atoms with van der Waals surface area (Å²) in [6.45, 7) is 6.21. The molecular weight excluding hydrogens is 325 g/mol. The Hall–Kier alpha value is -1.82. The summed E-state index contributed by atoms with van der Waals surface area (Å²) in [6.07, 6.45) is 4.03. The Morgan fingerprint density at radius 3 is 2.54 bits per heavy atom. The topological polar surface area (TPSA) is 47.0 Å². The zero-order valence-corrected chi connectivity index (χ0v) is 15.6. The predicted molar refractivity (Wildman–Crippen MR) is 98.5 cm³/mol. The molecule has 130 valence electrons. The number of anilines is 1. The molecule has 0 radical (unpaired) electrons. The molecule has 0 aliphatic carbocycles. The van der Waals surface area contributed by atoms with Gasteiger partial charge in [-0.1, -0.05) is 13.8 Å². The van der Waals surface area contributed by atoms with Crippen LogP contribution in [0.25, 0.3) is 11.3 Å². The normalized spacial score (nSPS) is 11.0. The zero-order chi connectivity index (χ0) is 17.7. The van der Waals surface area contributed by atoms with Crippen molar-refractivity contribution in [1.29, 1.82) is 0 Å². The quantitative estimate of drug-likeness (QED) is 0.719. The summed E-state index contributed by atoms with van der Waals surface area (Å²) in [4.78, 5) is 9.47. The molecule has 1 heterocycles. The van der Waals surface area contributed by atoms with Crippen molar-refractivity contribution in [1.82, 2.24) is 9.97 Å². The number of hydrogen-bond acceptors (Lipinski definition) is 5. The molecule has 1 aromatic carbocycles. The molecule has 0 atom stereocenters. The molecule has 0 spiro atoms. The monoisotopic (exact) mass is 349 g/mol. The number of nitrogens with zero attached hydrogens (tertiary/aromatic N) is 2. The van der Waals surface area contributed by atoms with E-state index in [0.717, 1.165) is 34.9 Å². The Morgan fingerprint density at radius 1 is 1.25 bits per heavy atom. The Labute approximate surface area is 147 Å². The molecule has 2 aromatic rings. The fourth-order valence-corrected chi connectivity index (χ4v) is 3.02. The van der Waals surface area contributed by atoms with Crippen molar-refractivity contribution >= 4 is 17.6 Å². The minimum absolute atomic E-state index is 0.335. The van der Waals surface area contributed by atoms with Crippen LogP contribution in [-0.2, 0) is 0 Å². The van der Waals surface area contributed by atoms with E-state index >= 15 is 0 Å². The van der Waals surface area contributed by atoms with E-state index in [1.807, 2.05) is 13.2 Å². The van der Waals surface area contributed by atoms with Crippen LogP contribution in [0.15, 0.2) is 23.2 Å². The third kappa shape index (κ3) is 3.98. The Bertz CT molecular complexity index is 705. The Balaban J connectivity index is 2.50. The lowest BCUT2D eigenvalue weighted by Crippen LogP contribution is -2.19. The summed E-state index contributed by atoms with van der Waals surface area (Å²) in [5, 5.41) is 4.30. The fourth-order valence-electron chi connectivity index (χ4n) is 2.54. The highest BCUT2D eigenvalue weighted by Crippen LogP contribution is 2.34. The van der Waals surface area contributed by atoms with Crippen molar-refractivity contribution in [3.8, 4) is 17.0 Å². The van der Waals surface area contributed by atoms with E-state index in [-0.39, 0.29) is 5.82 Å². The molecule has 2 rings (SSSR count). The minimum Gasteiger partial charge on any atom is -0.496 e. The van der Waals surface area contributed by atoms with E-state index in [0.29, 0.717) is 17.5 Å². The van der Waals surface area contributed by atoms with Crippen molar-refractivity contribution in [3.63, 3.8) is 0 Å². The van der Waals surface area contributed by atoms with Gasteiger partial charge in [0.25, 0.3) is 0 Å². The number of rotatable bonds is 7. The van der Waals surface area contributed by atoms with Crippen LogP contribution < -0.4 is 10.1 Å². The lowest BCUT2D eigenvalue weighted by Gasteiger charge is -2.19. The molecule has 0 aliphatic heterocycles. The van der Waals surface area contributed by atoms with E-state index in [1.165, 1.54) is 19.2 Å². The molecule has 0 amide bonds. The summed E-state index contributed by atoms with van der Waals surface area (Å²) in [5.74, 6) is 0.928. The Kier molecular flexibility index (Phi) is 6.43. The molecule has 4 nitrogen and oxygen atoms in total. The summed E-state index contributed by atoms with van der Waals surface area (Å²) in [5.41, 5.74) is 2.24. The number of nitrogens with one attached hydrogen (secondary N) is 1. The molecule has 24 heavy (non-hydrogen) atoms.